The molecule has 2 fully saturated rings. The summed E-state index contributed by atoms with van der Waals surface area (Å²) in [6.45, 7) is 4.23. The number of amides is 3. The van der Waals surface area contributed by atoms with Crippen molar-refractivity contribution < 1.29 is 19.1 Å². The largest absolute Gasteiger partial charge is 0.448 e. The number of hydrogen-bond donors (Lipinski definition) is 1. The molecule has 158 valence electrons. The van der Waals surface area contributed by atoms with Gasteiger partial charge in [-0.25, -0.2) is 4.79 Å². The molecule has 9 heteroatoms. The van der Waals surface area contributed by atoms with Crippen LogP contribution in [0.4, 0.5) is 10.5 Å². The molecule has 4 rings (SSSR count). The van der Waals surface area contributed by atoms with Gasteiger partial charge in [-0.05, 0) is 43.5 Å². The van der Waals surface area contributed by atoms with Crippen molar-refractivity contribution in [3.63, 3.8) is 0 Å². The Bertz CT molecular complexity index is 935. The molecule has 2 saturated heterocycles. The molecular formula is C21H25N5O4. The standard InChI is InChI=1S/C21H25N5O4/c1-15-3-4-16(13-18(15)23-19(27)14-25-8-2-7-22-25)20(28)24-9-5-17(6-10-24)26-11-12-30-21(26)29/h2-4,7-8,13,17H,5-6,9-12,14H2,1H3,(H,23,27). The van der Waals surface area contributed by atoms with Crippen molar-refractivity contribution in [1.29, 1.82) is 0 Å². The quantitative estimate of drug-likeness (QED) is 0.810. The minimum absolute atomic E-state index is 0.0694. The summed E-state index contributed by atoms with van der Waals surface area (Å²) >= 11 is 0. The van der Waals surface area contributed by atoms with E-state index >= 15 is 0 Å². The highest BCUT2D eigenvalue weighted by atomic mass is 16.6. The first-order valence-corrected chi connectivity index (χ1v) is 10.1. The average molecular weight is 411 g/mol. The number of nitrogens with zero attached hydrogens (tertiary/aromatic N) is 4. The molecule has 0 unspecified atom stereocenters. The Labute approximate surface area is 174 Å². The fraction of sp³-hybridized carbons (Fsp3) is 0.429. The number of hydrogen-bond acceptors (Lipinski definition) is 5. The summed E-state index contributed by atoms with van der Waals surface area (Å²) in [5, 5.41) is 6.90. The van der Waals surface area contributed by atoms with E-state index in [0.717, 1.165) is 18.4 Å². The average Bonchev–Trinajstić information content (AvgIpc) is 3.41. The second-order valence-electron chi connectivity index (χ2n) is 7.61. The second-order valence-corrected chi connectivity index (χ2v) is 7.61. The van der Waals surface area contributed by atoms with Gasteiger partial charge in [0.1, 0.15) is 13.2 Å². The number of aromatic nitrogens is 2. The maximum absolute atomic E-state index is 13.0. The van der Waals surface area contributed by atoms with Crippen molar-refractivity contribution in [2.24, 2.45) is 0 Å². The highest BCUT2D eigenvalue weighted by Gasteiger charge is 2.33. The number of piperidine rings is 1. The first kappa shape index (κ1) is 19.9. The molecule has 0 saturated carbocycles. The van der Waals surface area contributed by atoms with Crippen LogP contribution in [0, 0.1) is 6.92 Å². The summed E-state index contributed by atoms with van der Waals surface area (Å²) in [7, 11) is 0. The van der Waals surface area contributed by atoms with Crippen LogP contribution in [0.25, 0.3) is 0 Å². The monoisotopic (exact) mass is 411 g/mol. The lowest BCUT2D eigenvalue weighted by atomic mass is 10.0. The van der Waals surface area contributed by atoms with Gasteiger partial charge in [-0.3, -0.25) is 14.3 Å². The lowest BCUT2D eigenvalue weighted by Gasteiger charge is -2.35. The summed E-state index contributed by atoms with van der Waals surface area (Å²) in [5.74, 6) is -0.273. The molecule has 3 amide bonds. The molecule has 1 N–H and O–H groups in total. The summed E-state index contributed by atoms with van der Waals surface area (Å²) in [5.41, 5.74) is 2.04. The van der Waals surface area contributed by atoms with E-state index in [9.17, 15) is 14.4 Å². The molecule has 1 aromatic heterocycles. The Balaban J connectivity index is 1.38. The van der Waals surface area contributed by atoms with Crippen molar-refractivity contribution in [1.82, 2.24) is 19.6 Å². The molecule has 0 aliphatic carbocycles. The highest BCUT2D eigenvalue weighted by molar-refractivity contribution is 5.97. The zero-order chi connectivity index (χ0) is 21.1. The summed E-state index contributed by atoms with van der Waals surface area (Å²) < 4.78 is 6.56. The zero-order valence-electron chi connectivity index (χ0n) is 16.9. The number of benzene rings is 1. The summed E-state index contributed by atoms with van der Waals surface area (Å²) in [4.78, 5) is 40.6. The molecule has 0 spiro atoms. The van der Waals surface area contributed by atoms with Crippen molar-refractivity contribution in [2.45, 2.75) is 32.4 Å². The summed E-state index contributed by atoms with van der Waals surface area (Å²) in [6.07, 6.45) is 4.56. The van der Waals surface area contributed by atoms with Crippen LogP contribution in [0.1, 0.15) is 28.8 Å². The van der Waals surface area contributed by atoms with Gasteiger partial charge in [0.15, 0.2) is 0 Å². The molecule has 1 aromatic carbocycles. The Morgan fingerprint density at radius 2 is 2.03 bits per heavy atom. The van der Waals surface area contributed by atoms with Gasteiger partial charge >= 0.3 is 6.09 Å². The number of carbonyl (C=O) groups is 3. The number of likely N-dealkylation sites (tertiary alicyclic amines) is 1. The SMILES string of the molecule is Cc1ccc(C(=O)N2CCC(N3CCOC3=O)CC2)cc1NC(=O)Cn1cccn1. The van der Waals surface area contributed by atoms with Crippen LogP contribution in [0.3, 0.4) is 0 Å². The minimum Gasteiger partial charge on any atom is -0.448 e. The Morgan fingerprint density at radius 3 is 2.70 bits per heavy atom. The van der Waals surface area contributed by atoms with Gasteiger partial charge in [-0.2, -0.15) is 5.10 Å². The van der Waals surface area contributed by atoms with Gasteiger partial charge in [0.05, 0.1) is 6.54 Å². The number of rotatable bonds is 5. The van der Waals surface area contributed by atoms with Crippen LogP contribution in [-0.2, 0) is 16.1 Å². The Morgan fingerprint density at radius 1 is 1.23 bits per heavy atom. The smallest absolute Gasteiger partial charge is 0.410 e. The van der Waals surface area contributed by atoms with Gasteiger partial charge in [-0.1, -0.05) is 6.07 Å². The molecule has 9 nitrogen and oxygen atoms in total. The van der Waals surface area contributed by atoms with Crippen LogP contribution in [0.2, 0.25) is 0 Å². The molecule has 2 aliphatic rings. The van der Waals surface area contributed by atoms with Gasteiger partial charge < -0.3 is 19.9 Å². The van der Waals surface area contributed by atoms with Gasteiger partial charge in [0, 0.05) is 42.8 Å². The maximum Gasteiger partial charge on any atom is 0.410 e. The third-order valence-corrected chi connectivity index (χ3v) is 5.61. The van der Waals surface area contributed by atoms with E-state index in [-0.39, 0.29) is 30.5 Å². The fourth-order valence-electron chi connectivity index (χ4n) is 3.92. The third kappa shape index (κ3) is 4.29. The van der Waals surface area contributed by atoms with E-state index < -0.39 is 0 Å². The Kier molecular flexibility index (Phi) is 5.69. The number of cyclic esters (lactones) is 1. The van der Waals surface area contributed by atoms with Crippen LogP contribution in [0.5, 0.6) is 0 Å². The molecule has 0 bridgehead atoms. The zero-order valence-corrected chi connectivity index (χ0v) is 16.9. The highest BCUT2D eigenvalue weighted by Crippen LogP contribution is 2.23. The van der Waals surface area contributed by atoms with Gasteiger partial charge in [0.2, 0.25) is 5.91 Å². The predicted octanol–water partition coefficient (Wildman–Crippen LogP) is 1.89. The number of aryl methyl sites for hydroxylation is 1. The van der Waals surface area contributed by atoms with Gasteiger partial charge in [-0.15, -0.1) is 0 Å². The Hall–Kier alpha value is -3.36. The third-order valence-electron chi connectivity index (χ3n) is 5.61. The molecular weight excluding hydrogens is 386 g/mol. The van der Waals surface area contributed by atoms with E-state index in [1.807, 2.05) is 13.0 Å². The number of ether oxygens (including phenoxy) is 1. The first-order chi connectivity index (χ1) is 14.5. The van der Waals surface area contributed by atoms with Crippen LogP contribution < -0.4 is 5.32 Å². The molecule has 2 aromatic rings. The van der Waals surface area contributed by atoms with Crippen LogP contribution >= 0.6 is 0 Å². The summed E-state index contributed by atoms with van der Waals surface area (Å²) in [6, 6.07) is 7.23. The van der Waals surface area contributed by atoms with Crippen molar-refractivity contribution in [3.05, 3.63) is 47.8 Å². The van der Waals surface area contributed by atoms with Crippen LogP contribution in [-0.4, -0.2) is 69.8 Å². The van der Waals surface area contributed by atoms with Gasteiger partial charge in [0.25, 0.3) is 5.91 Å². The number of nitrogens with one attached hydrogen (secondary N) is 1. The lowest BCUT2D eigenvalue weighted by Crippen LogP contribution is -2.47. The van der Waals surface area contributed by atoms with Crippen molar-refractivity contribution in [2.75, 3.05) is 31.6 Å². The van der Waals surface area contributed by atoms with E-state index in [1.54, 1.807) is 45.1 Å². The van der Waals surface area contributed by atoms with Crippen molar-refractivity contribution >= 4 is 23.6 Å². The predicted molar refractivity (Wildman–Crippen MR) is 109 cm³/mol. The van der Waals surface area contributed by atoms with E-state index in [2.05, 4.69) is 10.4 Å². The maximum atomic E-state index is 13.0. The van der Waals surface area contributed by atoms with E-state index in [0.29, 0.717) is 37.5 Å². The molecule has 2 aliphatic heterocycles. The second kappa shape index (κ2) is 8.56. The van der Waals surface area contributed by atoms with Crippen LogP contribution in [0.15, 0.2) is 36.7 Å². The molecule has 3 heterocycles. The normalized spacial score (nSPS) is 17.2. The number of anilines is 1. The van der Waals surface area contributed by atoms with E-state index in [1.165, 1.54) is 0 Å². The lowest BCUT2D eigenvalue weighted by molar-refractivity contribution is -0.116. The van der Waals surface area contributed by atoms with E-state index in [4.69, 9.17) is 4.74 Å². The number of carbonyl (C=O) groups excluding carboxylic acids is 3. The molecule has 0 radical (unpaired) electrons. The minimum atomic E-state index is -0.256. The molecule has 30 heavy (non-hydrogen) atoms. The fourth-order valence-corrected chi connectivity index (χ4v) is 3.92. The van der Waals surface area contributed by atoms with Crippen molar-refractivity contribution in [3.8, 4) is 0 Å². The molecule has 0 atom stereocenters. The first-order valence-electron chi connectivity index (χ1n) is 10.1. The topological polar surface area (TPSA) is 96.8 Å².